The predicted octanol–water partition coefficient (Wildman–Crippen LogP) is 3.33. The van der Waals surface area contributed by atoms with E-state index in [1.54, 1.807) is 12.1 Å². The summed E-state index contributed by atoms with van der Waals surface area (Å²) in [4.78, 5) is 4.36. The quantitative estimate of drug-likeness (QED) is 0.382. The molecule has 2 aromatic heterocycles. The maximum atomic E-state index is 9.21. The minimum atomic E-state index is -1.59. The van der Waals surface area contributed by atoms with Gasteiger partial charge in [-0.2, -0.15) is 4.98 Å². The fourth-order valence-electron chi connectivity index (χ4n) is 2.88. The Kier molecular flexibility index (Phi) is 3.75. The normalized spacial score (nSPS) is 11.6. The number of aryl methyl sites for hydroxylation is 2. The van der Waals surface area contributed by atoms with Gasteiger partial charge in [0, 0.05) is 22.2 Å². The number of benzene rings is 2. The number of hydrogen-bond acceptors (Lipinski definition) is 7. The van der Waals surface area contributed by atoms with Crippen molar-refractivity contribution in [3.05, 3.63) is 53.1 Å². The van der Waals surface area contributed by atoms with Gasteiger partial charge < -0.3 is 24.9 Å². The summed E-state index contributed by atoms with van der Waals surface area (Å²) in [5, 5.41) is 23.4. The molecule has 0 saturated heterocycles. The molecule has 0 radical (unpaired) electrons. The number of hydrogen-bond donors (Lipinski definition) is 3. The van der Waals surface area contributed by atoms with Crippen LogP contribution in [0.5, 0.6) is 0 Å². The van der Waals surface area contributed by atoms with E-state index >= 15 is 0 Å². The Morgan fingerprint density at radius 3 is 2.50 bits per heavy atom. The molecule has 132 valence electrons. The summed E-state index contributed by atoms with van der Waals surface area (Å²) in [6.45, 7) is 3.99. The Labute approximate surface area is 148 Å². The largest absolute Gasteiger partial charge is 0.451 e. The van der Waals surface area contributed by atoms with Crippen LogP contribution in [0.1, 0.15) is 23.0 Å². The minimum absolute atomic E-state index is 0.251. The zero-order chi connectivity index (χ0) is 18.4. The minimum Gasteiger partial charge on any atom is -0.451 e. The van der Waals surface area contributed by atoms with E-state index in [0.29, 0.717) is 28.4 Å². The monoisotopic (exact) mass is 351 g/mol. The maximum Gasteiger partial charge on any atom is 0.293 e. The molecule has 0 atom stereocenters. The summed E-state index contributed by atoms with van der Waals surface area (Å²) in [5.41, 5.74) is 10.0. The van der Waals surface area contributed by atoms with Gasteiger partial charge in [-0.15, -0.1) is 0 Å². The average Bonchev–Trinajstić information content (AvgIpc) is 3.25. The van der Waals surface area contributed by atoms with Crippen molar-refractivity contribution in [3.8, 4) is 23.0 Å². The van der Waals surface area contributed by atoms with Crippen molar-refractivity contribution < 1.29 is 19.2 Å². The van der Waals surface area contributed by atoms with E-state index in [1.165, 1.54) is 6.07 Å². The molecule has 0 fully saturated rings. The van der Waals surface area contributed by atoms with Gasteiger partial charge in [0.15, 0.2) is 12.1 Å². The van der Waals surface area contributed by atoms with Crippen LogP contribution in [0.3, 0.4) is 0 Å². The number of fused-ring (bicyclic) bond motifs is 1. The van der Waals surface area contributed by atoms with Gasteiger partial charge in [0.25, 0.3) is 5.89 Å². The van der Waals surface area contributed by atoms with E-state index < -0.39 is 6.29 Å². The third kappa shape index (κ3) is 2.63. The maximum absolute atomic E-state index is 9.21. The summed E-state index contributed by atoms with van der Waals surface area (Å²) in [6.07, 6.45) is -1.59. The molecule has 4 N–H and O–H groups in total. The van der Waals surface area contributed by atoms with Crippen molar-refractivity contribution in [2.75, 3.05) is 5.73 Å². The van der Waals surface area contributed by atoms with Crippen LogP contribution in [0, 0.1) is 13.8 Å². The van der Waals surface area contributed by atoms with Gasteiger partial charge in [-0.3, -0.25) is 0 Å². The van der Waals surface area contributed by atoms with Gasteiger partial charge in [-0.1, -0.05) is 23.4 Å². The Morgan fingerprint density at radius 1 is 1.04 bits per heavy atom. The van der Waals surface area contributed by atoms with Gasteiger partial charge in [0.2, 0.25) is 5.82 Å². The van der Waals surface area contributed by atoms with Crippen LogP contribution >= 0.6 is 0 Å². The van der Waals surface area contributed by atoms with E-state index in [2.05, 4.69) is 10.1 Å². The highest BCUT2D eigenvalue weighted by Gasteiger charge is 2.18. The summed E-state index contributed by atoms with van der Waals surface area (Å²) >= 11 is 0. The molecule has 0 bridgehead atoms. The Balaban J connectivity index is 1.75. The molecular weight excluding hydrogens is 334 g/mol. The van der Waals surface area contributed by atoms with Crippen molar-refractivity contribution in [2.24, 2.45) is 0 Å². The van der Waals surface area contributed by atoms with Crippen LogP contribution in [-0.2, 0) is 0 Å². The zero-order valence-corrected chi connectivity index (χ0v) is 14.2. The number of nitrogens with zero attached hydrogens (tertiary/aromatic N) is 2. The number of aromatic nitrogens is 2. The summed E-state index contributed by atoms with van der Waals surface area (Å²) in [6, 6.07) is 10.5. The number of nitrogen functional groups attached to an aromatic ring is 1. The van der Waals surface area contributed by atoms with Gasteiger partial charge in [-0.25, -0.2) is 0 Å². The highest BCUT2D eigenvalue weighted by atomic mass is 16.5. The summed E-state index contributed by atoms with van der Waals surface area (Å²) in [7, 11) is 0. The van der Waals surface area contributed by atoms with Gasteiger partial charge in [0.05, 0.1) is 0 Å². The van der Waals surface area contributed by atoms with E-state index in [4.69, 9.17) is 14.7 Å². The molecule has 0 aliphatic carbocycles. The molecule has 0 amide bonds. The molecule has 2 aromatic carbocycles. The smallest absolute Gasteiger partial charge is 0.293 e. The van der Waals surface area contributed by atoms with Gasteiger partial charge in [0.1, 0.15) is 5.58 Å². The van der Waals surface area contributed by atoms with Crippen molar-refractivity contribution in [1.82, 2.24) is 10.1 Å². The number of anilines is 1. The molecule has 0 saturated carbocycles. The molecule has 0 spiro atoms. The first-order chi connectivity index (χ1) is 12.4. The Hall–Kier alpha value is -3.16. The molecule has 0 aliphatic rings. The second-order valence-corrected chi connectivity index (χ2v) is 6.20. The van der Waals surface area contributed by atoms with E-state index in [1.807, 2.05) is 32.0 Å². The molecule has 7 heteroatoms. The third-order valence-electron chi connectivity index (χ3n) is 4.35. The number of aliphatic hydroxyl groups is 2. The van der Waals surface area contributed by atoms with E-state index in [9.17, 15) is 10.2 Å². The lowest BCUT2D eigenvalue weighted by molar-refractivity contribution is -0.0424. The third-order valence-corrected chi connectivity index (χ3v) is 4.35. The number of aliphatic hydroxyl groups excluding tert-OH is 1. The fourth-order valence-corrected chi connectivity index (χ4v) is 2.88. The fraction of sp³-hybridized carbons (Fsp3) is 0.158. The lowest BCUT2D eigenvalue weighted by Gasteiger charge is -2.06. The summed E-state index contributed by atoms with van der Waals surface area (Å²) in [5.74, 6) is 1.03. The van der Waals surface area contributed by atoms with Crippen molar-refractivity contribution >= 4 is 16.7 Å². The van der Waals surface area contributed by atoms with Gasteiger partial charge in [-0.05, 0) is 43.2 Å². The Bertz CT molecular complexity index is 1070. The van der Waals surface area contributed by atoms with Crippen LogP contribution in [-0.4, -0.2) is 20.4 Å². The SMILES string of the molecule is Cc1ccc(C)c2oc(-c3nc(-c4ccc(C(O)O)cc4N)no3)cc12. The highest BCUT2D eigenvalue weighted by Crippen LogP contribution is 2.33. The molecule has 7 nitrogen and oxygen atoms in total. The first-order valence-electron chi connectivity index (χ1n) is 8.04. The van der Waals surface area contributed by atoms with E-state index in [0.717, 1.165) is 22.1 Å². The second-order valence-electron chi connectivity index (χ2n) is 6.20. The second kappa shape index (κ2) is 5.98. The molecular formula is C19H17N3O4. The molecule has 2 heterocycles. The van der Waals surface area contributed by atoms with Crippen LogP contribution < -0.4 is 5.73 Å². The van der Waals surface area contributed by atoms with Crippen LogP contribution in [0.15, 0.2) is 45.3 Å². The first-order valence-corrected chi connectivity index (χ1v) is 8.04. The topological polar surface area (TPSA) is 119 Å². The lowest BCUT2D eigenvalue weighted by atomic mass is 10.1. The Morgan fingerprint density at radius 2 is 1.81 bits per heavy atom. The number of rotatable bonds is 3. The highest BCUT2D eigenvalue weighted by molar-refractivity contribution is 5.87. The predicted molar refractivity (Wildman–Crippen MR) is 96.0 cm³/mol. The van der Waals surface area contributed by atoms with Crippen molar-refractivity contribution in [2.45, 2.75) is 20.1 Å². The van der Waals surface area contributed by atoms with Gasteiger partial charge >= 0.3 is 0 Å². The standard InChI is InChI=1S/C19H17N3O4/c1-9-3-4-10(2)16-13(9)8-15(25-16)18-21-17(22-26-18)12-6-5-11(19(23)24)7-14(12)20/h3-8,19,23-24H,20H2,1-2H3. The lowest BCUT2D eigenvalue weighted by Crippen LogP contribution is -1.98. The van der Waals surface area contributed by atoms with Crippen molar-refractivity contribution in [1.29, 1.82) is 0 Å². The zero-order valence-electron chi connectivity index (χ0n) is 14.2. The van der Waals surface area contributed by atoms with Crippen LogP contribution in [0.4, 0.5) is 5.69 Å². The van der Waals surface area contributed by atoms with E-state index in [-0.39, 0.29) is 5.89 Å². The molecule has 0 aliphatic heterocycles. The molecule has 4 rings (SSSR count). The summed E-state index contributed by atoms with van der Waals surface area (Å²) < 4.78 is 11.2. The molecule has 0 unspecified atom stereocenters. The number of furan rings is 1. The van der Waals surface area contributed by atoms with Crippen LogP contribution in [0.25, 0.3) is 34.0 Å². The first kappa shape index (κ1) is 16.3. The van der Waals surface area contributed by atoms with Crippen molar-refractivity contribution in [3.63, 3.8) is 0 Å². The molecule has 4 aromatic rings. The number of nitrogens with two attached hydrogens (primary N) is 1. The average molecular weight is 351 g/mol. The molecule has 26 heavy (non-hydrogen) atoms. The van der Waals surface area contributed by atoms with Crippen LogP contribution in [0.2, 0.25) is 0 Å².